The molecule has 19 heavy (non-hydrogen) atoms. The Hall–Kier alpha value is -1.11. The van der Waals surface area contributed by atoms with Gasteiger partial charge in [0.05, 0.1) is 12.4 Å². The second kappa shape index (κ2) is 7.47. The van der Waals surface area contributed by atoms with Crippen molar-refractivity contribution in [1.29, 1.82) is 0 Å². The summed E-state index contributed by atoms with van der Waals surface area (Å²) in [5.74, 6) is -0.0444. The van der Waals surface area contributed by atoms with Crippen LogP contribution in [0.3, 0.4) is 0 Å². The SMILES string of the molecule is CCCC(COC)NS(=O)(=O)Cc1ccc(N)cc1. The lowest BCUT2D eigenvalue weighted by molar-refractivity contribution is 0.171. The minimum absolute atomic E-state index is 0.0444. The smallest absolute Gasteiger partial charge is 0.216 e. The highest BCUT2D eigenvalue weighted by Gasteiger charge is 2.17. The summed E-state index contributed by atoms with van der Waals surface area (Å²) in [7, 11) is -1.80. The van der Waals surface area contributed by atoms with Crippen molar-refractivity contribution in [3.63, 3.8) is 0 Å². The molecule has 0 bridgehead atoms. The van der Waals surface area contributed by atoms with E-state index in [1.54, 1.807) is 31.4 Å². The molecule has 1 rings (SSSR count). The average Bonchev–Trinajstić information content (AvgIpc) is 2.32. The molecule has 1 aromatic rings. The molecule has 0 radical (unpaired) electrons. The summed E-state index contributed by atoms with van der Waals surface area (Å²) in [4.78, 5) is 0. The Morgan fingerprint density at radius 1 is 1.32 bits per heavy atom. The van der Waals surface area contributed by atoms with Crippen LogP contribution >= 0.6 is 0 Å². The number of rotatable bonds is 8. The highest BCUT2D eigenvalue weighted by atomic mass is 32.2. The zero-order chi connectivity index (χ0) is 14.3. The molecule has 0 fully saturated rings. The first-order chi connectivity index (χ1) is 8.96. The molecule has 1 atom stereocenters. The van der Waals surface area contributed by atoms with Crippen LogP contribution in [0.1, 0.15) is 25.3 Å². The maximum Gasteiger partial charge on any atom is 0.216 e. The normalized spacial score (nSPS) is 13.4. The Balaban J connectivity index is 2.66. The van der Waals surface area contributed by atoms with Gasteiger partial charge in [-0.15, -0.1) is 0 Å². The van der Waals surface area contributed by atoms with E-state index in [2.05, 4.69) is 4.72 Å². The number of anilines is 1. The number of methoxy groups -OCH3 is 1. The van der Waals surface area contributed by atoms with E-state index in [0.717, 1.165) is 18.4 Å². The van der Waals surface area contributed by atoms with Gasteiger partial charge in [-0.05, 0) is 24.1 Å². The van der Waals surface area contributed by atoms with Gasteiger partial charge in [0, 0.05) is 18.8 Å². The summed E-state index contributed by atoms with van der Waals surface area (Å²) in [6, 6.07) is 6.67. The van der Waals surface area contributed by atoms with Crippen LogP contribution in [0.4, 0.5) is 5.69 Å². The molecule has 5 nitrogen and oxygen atoms in total. The van der Waals surface area contributed by atoms with E-state index < -0.39 is 10.0 Å². The molecule has 0 aliphatic carbocycles. The van der Waals surface area contributed by atoms with Crippen LogP contribution in [0.5, 0.6) is 0 Å². The summed E-state index contributed by atoms with van der Waals surface area (Å²) in [6.07, 6.45) is 1.66. The van der Waals surface area contributed by atoms with Gasteiger partial charge in [-0.1, -0.05) is 25.5 Å². The molecule has 0 heterocycles. The number of ether oxygens (including phenoxy) is 1. The van der Waals surface area contributed by atoms with Gasteiger partial charge >= 0.3 is 0 Å². The lowest BCUT2D eigenvalue weighted by Crippen LogP contribution is -2.38. The summed E-state index contributed by atoms with van der Waals surface area (Å²) in [5, 5.41) is 0. The Morgan fingerprint density at radius 2 is 1.95 bits per heavy atom. The number of hydrogen-bond acceptors (Lipinski definition) is 4. The summed E-state index contributed by atoms with van der Waals surface area (Å²) >= 11 is 0. The van der Waals surface area contributed by atoms with Crippen LogP contribution in [-0.4, -0.2) is 28.2 Å². The number of nitrogens with two attached hydrogens (primary N) is 1. The lowest BCUT2D eigenvalue weighted by atomic mass is 10.2. The fourth-order valence-electron chi connectivity index (χ4n) is 1.85. The molecule has 0 amide bonds. The molecule has 108 valence electrons. The highest BCUT2D eigenvalue weighted by Crippen LogP contribution is 2.10. The second-order valence-electron chi connectivity index (χ2n) is 4.56. The third-order valence-electron chi connectivity index (χ3n) is 2.69. The Labute approximate surface area is 115 Å². The third-order valence-corrected chi connectivity index (χ3v) is 4.09. The van der Waals surface area contributed by atoms with E-state index in [1.165, 1.54) is 0 Å². The molecule has 0 saturated heterocycles. The topological polar surface area (TPSA) is 81.4 Å². The van der Waals surface area contributed by atoms with E-state index in [0.29, 0.717) is 12.3 Å². The van der Waals surface area contributed by atoms with E-state index >= 15 is 0 Å². The van der Waals surface area contributed by atoms with Gasteiger partial charge in [-0.25, -0.2) is 13.1 Å². The largest absolute Gasteiger partial charge is 0.399 e. The van der Waals surface area contributed by atoms with Crippen molar-refractivity contribution in [3.8, 4) is 0 Å². The van der Waals surface area contributed by atoms with Gasteiger partial charge in [-0.3, -0.25) is 0 Å². The maximum atomic E-state index is 12.0. The molecule has 1 unspecified atom stereocenters. The predicted octanol–water partition coefficient (Wildman–Crippen LogP) is 1.50. The first-order valence-corrected chi connectivity index (χ1v) is 7.95. The number of benzene rings is 1. The molecule has 1 aromatic carbocycles. The first kappa shape index (κ1) is 15.9. The molecule has 0 saturated carbocycles. The van der Waals surface area contributed by atoms with Crippen LogP contribution < -0.4 is 10.5 Å². The van der Waals surface area contributed by atoms with Crippen molar-refractivity contribution in [2.24, 2.45) is 0 Å². The van der Waals surface area contributed by atoms with Crippen LogP contribution in [0.25, 0.3) is 0 Å². The van der Waals surface area contributed by atoms with Crippen molar-refractivity contribution >= 4 is 15.7 Å². The quantitative estimate of drug-likeness (QED) is 0.710. The van der Waals surface area contributed by atoms with Crippen molar-refractivity contribution in [2.75, 3.05) is 19.5 Å². The standard InChI is InChI=1S/C13H22N2O3S/c1-3-4-13(9-18-2)15-19(16,17)10-11-5-7-12(14)8-6-11/h5-8,13,15H,3-4,9-10,14H2,1-2H3. The Kier molecular flexibility index (Phi) is 6.27. The molecular formula is C13H22N2O3S. The summed E-state index contributed by atoms with van der Waals surface area (Å²) in [6.45, 7) is 2.39. The van der Waals surface area contributed by atoms with E-state index in [-0.39, 0.29) is 11.8 Å². The van der Waals surface area contributed by atoms with Gasteiger partial charge in [0.25, 0.3) is 0 Å². The van der Waals surface area contributed by atoms with Gasteiger partial charge in [0.15, 0.2) is 0 Å². The van der Waals surface area contributed by atoms with Crippen molar-refractivity contribution < 1.29 is 13.2 Å². The summed E-state index contributed by atoms with van der Waals surface area (Å²) in [5.41, 5.74) is 6.91. The van der Waals surface area contributed by atoms with E-state index in [1.807, 2.05) is 6.92 Å². The maximum absolute atomic E-state index is 12.0. The van der Waals surface area contributed by atoms with E-state index in [9.17, 15) is 8.42 Å². The number of hydrogen-bond donors (Lipinski definition) is 2. The van der Waals surface area contributed by atoms with Crippen molar-refractivity contribution in [1.82, 2.24) is 4.72 Å². The molecule has 0 aliphatic rings. The van der Waals surface area contributed by atoms with Crippen LogP contribution in [0.15, 0.2) is 24.3 Å². The number of sulfonamides is 1. The Bertz CT molecular complexity index is 465. The predicted molar refractivity (Wildman–Crippen MR) is 77.2 cm³/mol. The molecule has 6 heteroatoms. The fourth-order valence-corrected chi connectivity index (χ4v) is 3.26. The highest BCUT2D eigenvalue weighted by molar-refractivity contribution is 7.88. The zero-order valence-electron chi connectivity index (χ0n) is 11.4. The van der Waals surface area contributed by atoms with Crippen molar-refractivity contribution in [3.05, 3.63) is 29.8 Å². The molecular weight excluding hydrogens is 264 g/mol. The van der Waals surface area contributed by atoms with Gasteiger partial charge in [0.2, 0.25) is 10.0 Å². The molecule has 0 aromatic heterocycles. The van der Waals surface area contributed by atoms with Gasteiger partial charge in [0.1, 0.15) is 0 Å². The van der Waals surface area contributed by atoms with Crippen LogP contribution in [-0.2, 0) is 20.5 Å². The van der Waals surface area contributed by atoms with Crippen LogP contribution in [0, 0.1) is 0 Å². The minimum Gasteiger partial charge on any atom is -0.399 e. The average molecular weight is 286 g/mol. The Morgan fingerprint density at radius 3 is 2.47 bits per heavy atom. The number of nitrogens with one attached hydrogen (secondary N) is 1. The monoisotopic (exact) mass is 286 g/mol. The fraction of sp³-hybridized carbons (Fsp3) is 0.538. The lowest BCUT2D eigenvalue weighted by Gasteiger charge is -2.17. The third kappa shape index (κ3) is 6.04. The van der Waals surface area contributed by atoms with E-state index in [4.69, 9.17) is 10.5 Å². The zero-order valence-corrected chi connectivity index (χ0v) is 12.2. The minimum atomic E-state index is -3.36. The van der Waals surface area contributed by atoms with Gasteiger partial charge in [-0.2, -0.15) is 0 Å². The number of nitrogen functional groups attached to an aromatic ring is 1. The molecule has 0 aliphatic heterocycles. The first-order valence-electron chi connectivity index (χ1n) is 6.30. The van der Waals surface area contributed by atoms with Gasteiger partial charge < -0.3 is 10.5 Å². The molecule has 3 N–H and O–H groups in total. The van der Waals surface area contributed by atoms with Crippen LogP contribution in [0.2, 0.25) is 0 Å². The second-order valence-corrected chi connectivity index (χ2v) is 6.31. The summed E-state index contributed by atoms with van der Waals surface area (Å²) < 4.78 is 31.8. The van der Waals surface area contributed by atoms with Crippen molar-refractivity contribution in [2.45, 2.75) is 31.6 Å². The molecule has 0 spiro atoms.